The normalized spacial score (nSPS) is 10.7. The summed E-state index contributed by atoms with van der Waals surface area (Å²) in [6, 6.07) is 8.44. The van der Waals surface area contributed by atoms with Crippen LogP contribution in [0.4, 0.5) is 0 Å². The molecule has 2 aromatic heterocycles. The van der Waals surface area contributed by atoms with E-state index in [-0.39, 0.29) is 5.56 Å². The standard InChI is InChI=1S/C15H11NO4/c1-19-10-2-3-13-11(6-10)12(15(17)18)7-14(16-13)9-4-5-20-8-9/h2-8H,1H3,(H,17,18). The minimum atomic E-state index is -1.00. The van der Waals surface area contributed by atoms with Gasteiger partial charge in [0.05, 0.1) is 36.4 Å². The molecule has 0 aliphatic rings. The molecule has 0 saturated heterocycles. The second kappa shape index (κ2) is 4.70. The summed E-state index contributed by atoms with van der Waals surface area (Å²) in [6.45, 7) is 0. The van der Waals surface area contributed by atoms with E-state index in [0.717, 1.165) is 5.56 Å². The Bertz CT molecular complexity index is 778. The second-order valence-corrected chi connectivity index (χ2v) is 4.26. The average molecular weight is 269 g/mol. The van der Waals surface area contributed by atoms with Gasteiger partial charge >= 0.3 is 5.97 Å². The van der Waals surface area contributed by atoms with Crippen molar-refractivity contribution in [1.29, 1.82) is 0 Å². The largest absolute Gasteiger partial charge is 0.497 e. The van der Waals surface area contributed by atoms with Crippen molar-refractivity contribution in [1.82, 2.24) is 4.98 Å². The molecule has 0 unspecified atom stereocenters. The van der Waals surface area contributed by atoms with Crippen LogP contribution in [0.25, 0.3) is 22.2 Å². The third kappa shape index (κ3) is 1.99. The van der Waals surface area contributed by atoms with E-state index in [1.54, 1.807) is 24.3 Å². The lowest BCUT2D eigenvalue weighted by Gasteiger charge is -2.07. The highest BCUT2D eigenvalue weighted by atomic mass is 16.5. The molecule has 1 N–H and O–H groups in total. The molecule has 1 aromatic carbocycles. The molecule has 5 heteroatoms. The number of carboxylic acid groups (broad SMARTS) is 1. The summed E-state index contributed by atoms with van der Waals surface area (Å²) in [5, 5.41) is 9.92. The van der Waals surface area contributed by atoms with Crippen LogP contribution < -0.4 is 4.74 Å². The number of pyridine rings is 1. The molecule has 0 aliphatic carbocycles. The van der Waals surface area contributed by atoms with Crippen LogP contribution in [0.15, 0.2) is 47.3 Å². The summed E-state index contributed by atoms with van der Waals surface area (Å²) in [5.74, 6) is -0.409. The average Bonchev–Trinajstić information content (AvgIpc) is 2.99. The van der Waals surface area contributed by atoms with E-state index in [2.05, 4.69) is 4.98 Å². The van der Waals surface area contributed by atoms with Crippen molar-refractivity contribution in [3.05, 3.63) is 48.4 Å². The lowest BCUT2D eigenvalue weighted by atomic mass is 10.1. The molecular weight excluding hydrogens is 258 g/mol. The van der Waals surface area contributed by atoms with Gasteiger partial charge in [-0.1, -0.05) is 0 Å². The maximum atomic E-state index is 11.4. The summed E-state index contributed by atoms with van der Waals surface area (Å²) >= 11 is 0. The fourth-order valence-electron chi connectivity index (χ4n) is 2.07. The van der Waals surface area contributed by atoms with Crippen LogP contribution in [0.1, 0.15) is 10.4 Å². The summed E-state index contributed by atoms with van der Waals surface area (Å²) in [4.78, 5) is 15.9. The van der Waals surface area contributed by atoms with Gasteiger partial charge in [-0.05, 0) is 30.3 Å². The highest BCUT2D eigenvalue weighted by molar-refractivity contribution is 6.04. The first-order valence-electron chi connectivity index (χ1n) is 5.93. The summed E-state index contributed by atoms with van der Waals surface area (Å²) in [6.07, 6.45) is 3.05. The van der Waals surface area contributed by atoms with Crippen LogP contribution in [0.5, 0.6) is 5.75 Å². The number of benzene rings is 1. The van der Waals surface area contributed by atoms with Crippen molar-refractivity contribution in [2.24, 2.45) is 0 Å². The third-order valence-corrected chi connectivity index (χ3v) is 3.06. The van der Waals surface area contributed by atoms with Crippen LogP contribution >= 0.6 is 0 Å². The quantitative estimate of drug-likeness (QED) is 0.790. The molecule has 0 radical (unpaired) electrons. The van der Waals surface area contributed by atoms with Gasteiger partial charge in [0.1, 0.15) is 5.75 Å². The van der Waals surface area contributed by atoms with Crippen LogP contribution in [0, 0.1) is 0 Å². The fourth-order valence-corrected chi connectivity index (χ4v) is 2.07. The molecular formula is C15H11NO4. The second-order valence-electron chi connectivity index (χ2n) is 4.26. The zero-order chi connectivity index (χ0) is 14.1. The minimum absolute atomic E-state index is 0.185. The molecule has 3 aromatic rings. The van der Waals surface area contributed by atoms with E-state index in [4.69, 9.17) is 9.15 Å². The number of ether oxygens (including phenoxy) is 1. The first-order valence-corrected chi connectivity index (χ1v) is 5.93. The molecule has 20 heavy (non-hydrogen) atoms. The number of carboxylic acids is 1. The highest BCUT2D eigenvalue weighted by Crippen LogP contribution is 2.27. The molecule has 5 nitrogen and oxygen atoms in total. The maximum absolute atomic E-state index is 11.4. The van der Waals surface area contributed by atoms with Crippen molar-refractivity contribution >= 4 is 16.9 Å². The molecule has 0 saturated carbocycles. The van der Waals surface area contributed by atoms with Gasteiger partial charge in [0, 0.05) is 10.9 Å². The van der Waals surface area contributed by atoms with Crippen molar-refractivity contribution in [3.8, 4) is 17.0 Å². The van der Waals surface area contributed by atoms with Gasteiger partial charge < -0.3 is 14.3 Å². The van der Waals surface area contributed by atoms with Crippen molar-refractivity contribution in [2.75, 3.05) is 7.11 Å². The Labute approximate surface area is 114 Å². The summed E-state index contributed by atoms with van der Waals surface area (Å²) in [7, 11) is 1.54. The molecule has 100 valence electrons. The Kier molecular flexibility index (Phi) is 2.87. The SMILES string of the molecule is COc1ccc2nc(-c3ccoc3)cc(C(=O)O)c2c1. The smallest absolute Gasteiger partial charge is 0.336 e. The van der Waals surface area contributed by atoms with E-state index in [1.807, 2.05) is 0 Å². The van der Waals surface area contributed by atoms with Gasteiger partial charge in [-0.25, -0.2) is 9.78 Å². The summed E-state index contributed by atoms with van der Waals surface area (Å²) in [5.41, 5.74) is 2.09. The maximum Gasteiger partial charge on any atom is 0.336 e. The molecule has 3 rings (SSSR count). The van der Waals surface area contributed by atoms with Gasteiger partial charge in [0.15, 0.2) is 0 Å². The predicted molar refractivity (Wildman–Crippen MR) is 73.0 cm³/mol. The van der Waals surface area contributed by atoms with Crippen LogP contribution in [-0.2, 0) is 0 Å². The number of hydrogen-bond acceptors (Lipinski definition) is 4. The number of fused-ring (bicyclic) bond motifs is 1. The summed E-state index contributed by atoms with van der Waals surface area (Å²) < 4.78 is 10.1. The van der Waals surface area contributed by atoms with Gasteiger partial charge in [-0.2, -0.15) is 0 Å². The fraction of sp³-hybridized carbons (Fsp3) is 0.0667. The van der Waals surface area contributed by atoms with E-state index in [9.17, 15) is 9.90 Å². The van der Waals surface area contributed by atoms with Gasteiger partial charge in [-0.3, -0.25) is 0 Å². The zero-order valence-corrected chi connectivity index (χ0v) is 10.7. The third-order valence-electron chi connectivity index (χ3n) is 3.06. The van der Waals surface area contributed by atoms with Crippen LogP contribution in [0.3, 0.4) is 0 Å². The molecule has 0 atom stereocenters. The minimum Gasteiger partial charge on any atom is -0.497 e. The first kappa shape index (κ1) is 12.2. The van der Waals surface area contributed by atoms with Crippen molar-refractivity contribution in [3.63, 3.8) is 0 Å². The van der Waals surface area contributed by atoms with Crippen molar-refractivity contribution < 1.29 is 19.1 Å². The number of rotatable bonds is 3. The van der Waals surface area contributed by atoms with Gasteiger partial charge in [0.25, 0.3) is 0 Å². The number of carbonyl (C=O) groups is 1. The zero-order valence-electron chi connectivity index (χ0n) is 10.7. The lowest BCUT2D eigenvalue weighted by Crippen LogP contribution is -2.00. The van der Waals surface area contributed by atoms with E-state index >= 15 is 0 Å². The van der Waals surface area contributed by atoms with Gasteiger partial charge in [-0.15, -0.1) is 0 Å². The lowest BCUT2D eigenvalue weighted by molar-refractivity contribution is 0.0699. The molecule has 0 aliphatic heterocycles. The van der Waals surface area contributed by atoms with E-state index < -0.39 is 5.97 Å². The Morgan fingerprint density at radius 1 is 1.30 bits per heavy atom. The predicted octanol–water partition coefficient (Wildman–Crippen LogP) is 3.20. The monoisotopic (exact) mass is 269 g/mol. The topological polar surface area (TPSA) is 72.6 Å². The van der Waals surface area contributed by atoms with E-state index in [1.165, 1.54) is 25.7 Å². The number of furan rings is 1. The van der Waals surface area contributed by atoms with Gasteiger partial charge in [0.2, 0.25) is 0 Å². The van der Waals surface area contributed by atoms with E-state index in [0.29, 0.717) is 22.3 Å². The molecule has 0 amide bonds. The Morgan fingerprint density at radius 3 is 2.80 bits per heavy atom. The number of aromatic nitrogens is 1. The Morgan fingerprint density at radius 2 is 2.15 bits per heavy atom. The van der Waals surface area contributed by atoms with Crippen LogP contribution in [-0.4, -0.2) is 23.2 Å². The Balaban J connectivity index is 2.30. The molecule has 0 bridgehead atoms. The number of methoxy groups -OCH3 is 1. The van der Waals surface area contributed by atoms with Crippen molar-refractivity contribution in [2.45, 2.75) is 0 Å². The highest BCUT2D eigenvalue weighted by Gasteiger charge is 2.14. The molecule has 0 fully saturated rings. The number of aromatic carboxylic acids is 1. The number of nitrogens with zero attached hydrogens (tertiary/aromatic N) is 1. The Hall–Kier alpha value is -2.82. The number of hydrogen-bond donors (Lipinski definition) is 1. The first-order chi connectivity index (χ1) is 9.69. The molecule has 0 spiro atoms. The molecule has 2 heterocycles. The van der Waals surface area contributed by atoms with Crippen LogP contribution in [0.2, 0.25) is 0 Å².